The third-order valence-electron chi connectivity index (χ3n) is 7.04. The van der Waals surface area contributed by atoms with Crippen LogP contribution in [0.3, 0.4) is 0 Å². The maximum atomic E-state index is 13.9. The molecule has 5 rings (SSSR count). The van der Waals surface area contributed by atoms with Crippen LogP contribution in [0.2, 0.25) is 0 Å². The molecule has 1 saturated heterocycles. The lowest BCUT2D eigenvalue weighted by molar-refractivity contribution is -0.617. The highest BCUT2D eigenvalue weighted by atomic mass is 16.7. The second kappa shape index (κ2) is 11.4. The standard InChI is InChI=1S/C30H26N3O10/c1-16-11-18(33(38)39)12-17(2)29(16)42-30(37)28-21-13-19(40-4)5-7-23(21)31(3)24-8-6-20(14-22(24)28)41-15-27(36)43-32-25(34)9-10-26(32)35/h5-8,11-14H,9-10,15H2,1-4H3/q+1. The molecule has 0 unspecified atom stereocenters. The first kappa shape index (κ1) is 28.9. The van der Waals surface area contributed by atoms with Gasteiger partial charge in [-0.1, -0.05) is 0 Å². The summed E-state index contributed by atoms with van der Waals surface area (Å²) in [6.45, 7) is 2.61. The van der Waals surface area contributed by atoms with E-state index < -0.39 is 35.3 Å². The van der Waals surface area contributed by atoms with E-state index in [0.29, 0.717) is 43.7 Å². The van der Waals surface area contributed by atoms with Gasteiger partial charge in [-0.15, -0.1) is 5.06 Å². The smallest absolute Gasteiger partial charge is 0.370 e. The van der Waals surface area contributed by atoms with Gasteiger partial charge in [0.2, 0.25) is 11.0 Å². The van der Waals surface area contributed by atoms with Gasteiger partial charge in [-0.05, 0) is 49.2 Å². The SMILES string of the molecule is COc1ccc2c(c1)c(C(=O)Oc1c(C)cc([N+](=O)[O-])cc1C)c1cc(OCC(=O)ON3C(=O)CCC3=O)ccc1[n+]2C. The van der Waals surface area contributed by atoms with Gasteiger partial charge in [-0.3, -0.25) is 19.7 Å². The zero-order chi connectivity index (χ0) is 31.0. The maximum Gasteiger partial charge on any atom is 0.370 e. The van der Waals surface area contributed by atoms with Crippen molar-refractivity contribution in [2.45, 2.75) is 26.7 Å². The molecule has 1 fully saturated rings. The number of carbonyl (C=O) groups excluding carboxylic acids is 4. The van der Waals surface area contributed by atoms with Crippen molar-refractivity contribution in [2.75, 3.05) is 13.7 Å². The van der Waals surface area contributed by atoms with Crippen molar-refractivity contribution in [3.05, 3.63) is 75.3 Å². The van der Waals surface area contributed by atoms with Crippen LogP contribution in [0.4, 0.5) is 5.69 Å². The summed E-state index contributed by atoms with van der Waals surface area (Å²) in [5.74, 6) is -2.03. The molecule has 220 valence electrons. The van der Waals surface area contributed by atoms with Crippen LogP contribution in [0.15, 0.2) is 48.5 Å². The molecule has 13 nitrogen and oxygen atoms in total. The zero-order valence-electron chi connectivity index (χ0n) is 23.7. The number of imide groups is 1. The summed E-state index contributed by atoms with van der Waals surface area (Å²) >= 11 is 0. The van der Waals surface area contributed by atoms with Crippen molar-refractivity contribution < 1.29 is 47.7 Å². The first-order chi connectivity index (χ1) is 20.5. The van der Waals surface area contributed by atoms with Crippen molar-refractivity contribution in [1.82, 2.24) is 5.06 Å². The number of nitrogens with zero attached hydrogens (tertiary/aromatic N) is 3. The van der Waals surface area contributed by atoms with Gasteiger partial charge >= 0.3 is 11.9 Å². The van der Waals surface area contributed by atoms with E-state index in [9.17, 15) is 29.3 Å². The van der Waals surface area contributed by atoms with Crippen molar-refractivity contribution in [1.29, 1.82) is 0 Å². The van der Waals surface area contributed by atoms with Gasteiger partial charge in [0.1, 0.15) is 24.3 Å². The number of esters is 1. The van der Waals surface area contributed by atoms with Crippen molar-refractivity contribution in [3.63, 3.8) is 0 Å². The lowest BCUT2D eigenvalue weighted by atomic mass is 10.0. The van der Waals surface area contributed by atoms with Crippen LogP contribution >= 0.6 is 0 Å². The number of fused-ring (bicyclic) bond motifs is 2. The Labute approximate surface area is 244 Å². The highest BCUT2D eigenvalue weighted by Crippen LogP contribution is 2.33. The van der Waals surface area contributed by atoms with Crippen LogP contribution in [-0.2, 0) is 26.3 Å². The molecule has 0 atom stereocenters. The average Bonchev–Trinajstić information content (AvgIpc) is 3.29. The van der Waals surface area contributed by atoms with Gasteiger partial charge in [-0.2, -0.15) is 4.57 Å². The Morgan fingerprint density at radius 3 is 2.05 bits per heavy atom. The van der Waals surface area contributed by atoms with E-state index in [1.165, 1.54) is 19.2 Å². The fraction of sp³-hybridized carbons (Fsp3) is 0.233. The molecule has 1 aliphatic heterocycles. The van der Waals surface area contributed by atoms with Gasteiger partial charge in [0, 0.05) is 37.1 Å². The summed E-state index contributed by atoms with van der Waals surface area (Å²) in [6.07, 6.45) is -0.0730. The zero-order valence-corrected chi connectivity index (χ0v) is 23.7. The minimum atomic E-state index is -0.957. The van der Waals surface area contributed by atoms with E-state index in [0.717, 1.165) is 0 Å². The minimum absolute atomic E-state index is 0.0365. The Hall–Kier alpha value is -5.59. The van der Waals surface area contributed by atoms with Crippen LogP contribution in [0.25, 0.3) is 21.8 Å². The molecule has 2 amide bonds. The number of hydrogen-bond acceptors (Lipinski definition) is 10. The Morgan fingerprint density at radius 1 is 0.930 bits per heavy atom. The number of carbonyl (C=O) groups is 4. The normalized spacial score (nSPS) is 13.0. The van der Waals surface area contributed by atoms with E-state index in [1.54, 1.807) is 50.2 Å². The fourth-order valence-corrected chi connectivity index (χ4v) is 4.99. The molecule has 43 heavy (non-hydrogen) atoms. The highest BCUT2D eigenvalue weighted by molar-refractivity contribution is 6.14. The first-order valence-electron chi connectivity index (χ1n) is 13.1. The van der Waals surface area contributed by atoms with Gasteiger partial charge in [0.25, 0.3) is 17.5 Å². The largest absolute Gasteiger partial charge is 0.497 e. The molecular formula is C30H26N3O10+. The Morgan fingerprint density at radius 2 is 1.49 bits per heavy atom. The number of nitro groups is 1. The van der Waals surface area contributed by atoms with Gasteiger partial charge in [0.05, 0.1) is 28.4 Å². The summed E-state index contributed by atoms with van der Waals surface area (Å²) in [6, 6.07) is 12.8. The van der Waals surface area contributed by atoms with Gasteiger partial charge in [-0.25, -0.2) is 9.59 Å². The molecule has 4 aromatic rings. The number of amides is 2. The van der Waals surface area contributed by atoms with Crippen LogP contribution in [0.5, 0.6) is 17.2 Å². The molecule has 1 aliphatic rings. The Balaban J connectivity index is 1.55. The molecule has 0 N–H and O–H groups in total. The van der Waals surface area contributed by atoms with Crippen molar-refractivity contribution in [3.8, 4) is 17.2 Å². The number of non-ortho nitro benzene ring substituents is 1. The second-order valence-electron chi connectivity index (χ2n) is 9.89. The number of pyridine rings is 1. The van der Waals surface area contributed by atoms with Gasteiger partial charge in [0.15, 0.2) is 6.61 Å². The molecule has 0 saturated carbocycles. The van der Waals surface area contributed by atoms with Crippen LogP contribution in [-0.4, -0.2) is 47.5 Å². The molecule has 0 bridgehead atoms. The number of aryl methyl sites for hydroxylation is 3. The average molecular weight is 589 g/mol. The summed E-state index contributed by atoms with van der Waals surface area (Å²) in [5.41, 5.74) is 2.18. The number of methoxy groups -OCH3 is 1. The molecule has 0 spiro atoms. The Bertz CT molecular complexity index is 1830. The summed E-state index contributed by atoms with van der Waals surface area (Å²) < 4.78 is 18.7. The quantitative estimate of drug-likeness (QED) is 0.0567. The predicted molar refractivity (Wildman–Crippen MR) is 149 cm³/mol. The third-order valence-corrected chi connectivity index (χ3v) is 7.04. The summed E-state index contributed by atoms with van der Waals surface area (Å²) in [5, 5.41) is 12.6. The third kappa shape index (κ3) is 5.52. The first-order valence-corrected chi connectivity index (χ1v) is 13.1. The van der Waals surface area contributed by atoms with E-state index in [-0.39, 0.29) is 35.6 Å². The number of hydroxylamine groups is 2. The minimum Gasteiger partial charge on any atom is -0.497 e. The van der Waals surface area contributed by atoms with Crippen molar-refractivity contribution >= 4 is 51.2 Å². The number of hydrogen-bond donors (Lipinski definition) is 0. The summed E-state index contributed by atoms with van der Waals surface area (Å²) in [7, 11) is 3.32. The molecule has 0 radical (unpaired) electrons. The molecular weight excluding hydrogens is 562 g/mol. The fourth-order valence-electron chi connectivity index (χ4n) is 4.99. The van der Waals surface area contributed by atoms with Crippen LogP contribution in [0.1, 0.15) is 34.3 Å². The van der Waals surface area contributed by atoms with Crippen LogP contribution < -0.4 is 18.8 Å². The Kier molecular flexibility index (Phi) is 7.64. The number of aromatic nitrogens is 1. The van der Waals surface area contributed by atoms with Crippen molar-refractivity contribution in [2.24, 2.45) is 7.05 Å². The van der Waals surface area contributed by atoms with Gasteiger partial charge < -0.3 is 19.0 Å². The number of benzene rings is 3. The highest BCUT2D eigenvalue weighted by Gasteiger charge is 2.33. The number of ether oxygens (including phenoxy) is 3. The van der Waals surface area contributed by atoms with E-state index in [4.69, 9.17) is 19.0 Å². The molecule has 0 aliphatic carbocycles. The number of nitro benzene ring substituents is 1. The van der Waals surface area contributed by atoms with E-state index >= 15 is 0 Å². The van der Waals surface area contributed by atoms with E-state index in [1.807, 2.05) is 11.6 Å². The van der Waals surface area contributed by atoms with Crippen LogP contribution in [0, 0.1) is 24.0 Å². The second-order valence-corrected chi connectivity index (χ2v) is 9.89. The molecule has 2 heterocycles. The number of rotatable bonds is 8. The van der Waals surface area contributed by atoms with E-state index in [2.05, 4.69) is 0 Å². The summed E-state index contributed by atoms with van der Waals surface area (Å²) in [4.78, 5) is 65.4. The lowest BCUT2D eigenvalue weighted by Crippen LogP contribution is -2.34. The predicted octanol–water partition coefficient (Wildman–Crippen LogP) is 3.56. The monoisotopic (exact) mass is 588 g/mol. The molecule has 3 aromatic carbocycles. The molecule has 1 aromatic heterocycles. The molecule has 13 heteroatoms. The topological polar surface area (TPSA) is 155 Å². The maximum absolute atomic E-state index is 13.9. The lowest BCUT2D eigenvalue weighted by Gasteiger charge is -2.15.